The lowest BCUT2D eigenvalue weighted by Gasteiger charge is -2.30. The van der Waals surface area contributed by atoms with Gasteiger partial charge >= 0.3 is 0 Å². The minimum Gasteiger partial charge on any atom is -0.322 e. The fourth-order valence-corrected chi connectivity index (χ4v) is 5.40. The van der Waals surface area contributed by atoms with E-state index < -0.39 is 11.8 Å². The molecule has 1 unspecified atom stereocenters. The fourth-order valence-electron chi connectivity index (χ4n) is 4.13. The Morgan fingerprint density at radius 3 is 2.33 bits per heavy atom. The van der Waals surface area contributed by atoms with Gasteiger partial charge in [-0.3, -0.25) is 9.59 Å². The number of nitriles is 1. The van der Waals surface area contributed by atoms with Crippen molar-refractivity contribution in [2.24, 2.45) is 10.9 Å². The average molecular weight is 514 g/mol. The van der Waals surface area contributed by atoms with Crippen molar-refractivity contribution < 1.29 is 9.59 Å². The number of carbonyl (C=O) groups excluding carboxylic acids is 2. The zero-order chi connectivity index (χ0) is 25.7. The summed E-state index contributed by atoms with van der Waals surface area (Å²) in [7, 11) is 0. The number of nitrogens with one attached hydrogen (secondary N) is 1. The van der Waals surface area contributed by atoms with Crippen LogP contribution in [-0.4, -0.2) is 22.5 Å². The molecule has 0 saturated carbocycles. The number of carbonyl (C=O) groups is 2. The molecular formula is C29H24ClN3O2S. The van der Waals surface area contributed by atoms with E-state index in [1.54, 1.807) is 43.3 Å². The number of benzene rings is 3. The van der Waals surface area contributed by atoms with Gasteiger partial charge in [-0.1, -0.05) is 77.8 Å². The van der Waals surface area contributed by atoms with Crippen LogP contribution in [0.5, 0.6) is 0 Å². The molecule has 2 atom stereocenters. The minimum atomic E-state index is -0.777. The predicted octanol–water partition coefficient (Wildman–Crippen LogP) is 6.81. The van der Waals surface area contributed by atoms with Crippen LogP contribution in [0.3, 0.4) is 0 Å². The molecule has 0 radical (unpaired) electrons. The number of nitrogens with zero attached hydrogens (tertiary/aromatic N) is 2. The van der Waals surface area contributed by atoms with Gasteiger partial charge in [0.15, 0.2) is 5.78 Å². The highest BCUT2D eigenvalue weighted by molar-refractivity contribution is 8.14. The number of hydrogen-bond acceptors (Lipinski definition) is 5. The normalized spacial score (nSPS) is 17.2. The van der Waals surface area contributed by atoms with Gasteiger partial charge in [0.25, 0.3) is 5.91 Å². The Labute approximate surface area is 219 Å². The third-order valence-electron chi connectivity index (χ3n) is 5.96. The second kappa shape index (κ2) is 11.4. The van der Waals surface area contributed by atoms with E-state index in [1.807, 2.05) is 49.4 Å². The van der Waals surface area contributed by atoms with Crippen LogP contribution in [0.1, 0.15) is 34.3 Å². The Morgan fingerprint density at radius 2 is 1.67 bits per heavy atom. The molecule has 1 heterocycles. The van der Waals surface area contributed by atoms with E-state index >= 15 is 0 Å². The number of thioether (sulfide) groups is 1. The molecule has 1 N–H and O–H groups in total. The minimum absolute atomic E-state index is 0.0528. The van der Waals surface area contributed by atoms with Gasteiger partial charge in [-0.25, -0.2) is 4.99 Å². The van der Waals surface area contributed by atoms with Gasteiger partial charge in [0.2, 0.25) is 0 Å². The number of anilines is 1. The molecular weight excluding hydrogens is 490 g/mol. The van der Waals surface area contributed by atoms with E-state index in [0.717, 1.165) is 5.56 Å². The lowest BCUT2D eigenvalue weighted by atomic mass is 9.78. The molecule has 0 saturated heterocycles. The largest absolute Gasteiger partial charge is 0.322 e. The Kier molecular flexibility index (Phi) is 8.04. The van der Waals surface area contributed by atoms with Gasteiger partial charge in [-0.05, 0) is 37.6 Å². The van der Waals surface area contributed by atoms with Gasteiger partial charge < -0.3 is 5.32 Å². The molecule has 0 fully saturated rings. The van der Waals surface area contributed by atoms with Crippen LogP contribution in [0.2, 0.25) is 5.02 Å². The predicted molar refractivity (Wildman–Crippen MR) is 146 cm³/mol. The number of aryl methyl sites for hydroxylation is 1. The molecule has 0 aliphatic carbocycles. The monoisotopic (exact) mass is 513 g/mol. The molecule has 1 aliphatic rings. The number of halogens is 1. The summed E-state index contributed by atoms with van der Waals surface area (Å²) >= 11 is 7.79. The number of hydrogen-bond donors (Lipinski definition) is 1. The zero-order valence-electron chi connectivity index (χ0n) is 19.9. The maximum Gasteiger partial charge on any atom is 0.254 e. The van der Waals surface area contributed by atoms with E-state index in [9.17, 15) is 14.9 Å². The van der Waals surface area contributed by atoms with E-state index in [2.05, 4.69) is 16.4 Å². The highest BCUT2D eigenvalue weighted by Gasteiger charge is 2.39. The van der Waals surface area contributed by atoms with Crippen molar-refractivity contribution >= 4 is 45.8 Å². The number of Topliss-reactive ketones (excluding diaryl/α,β-unsaturated/α-hetero) is 1. The van der Waals surface area contributed by atoms with E-state index in [0.29, 0.717) is 38.2 Å². The van der Waals surface area contributed by atoms with Crippen molar-refractivity contribution in [1.29, 1.82) is 5.26 Å². The van der Waals surface area contributed by atoms with E-state index in [4.69, 9.17) is 11.6 Å². The second-order valence-electron chi connectivity index (χ2n) is 8.45. The first-order valence-corrected chi connectivity index (χ1v) is 12.8. The third-order valence-corrected chi connectivity index (χ3v) is 7.35. The highest BCUT2D eigenvalue weighted by Crippen LogP contribution is 2.43. The molecule has 1 amide bonds. The molecule has 7 heteroatoms. The van der Waals surface area contributed by atoms with Crippen LogP contribution >= 0.6 is 23.4 Å². The fraction of sp³-hybridized carbons (Fsp3) is 0.172. The standard InChI is InChI=1S/C29H24ClN3O2S/c1-18-12-14-20(15-13-18)25(34)17-36-29-23(16-31)27(22-10-6-7-11-24(22)30)26(19(2)32-29)28(35)33-21-8-4-3-5-9-21/h3-15,23,27H,17H2,1-2H3,(H,33,35)/t23?,27-/m1/s1. The molecule has 5 nitrogen and oxygen atoms in total. The Bertz CT molecular complexity index is 1390. The highest BCUT2D eigenvalue weighted by atomic mass is 35.5. The van der Waals surface area contributed by atoms with E-state index in [-0.39, 0.29) is 17.4 Å². The van der Waals surface area contributed by atoms with Crippen molar-refractivity contribution in [3.8, 4) is 6.07 Å². The summed E-state index contributed by atoms with van der Waals surface area (Å²) in [6, 6.07) is 26.0. The number of ketones is 1. The second-order valence-corrected chi connectivity index (χ2v) is 9.86. The quantitative estimate of drug-likeness (QED) is 0.367. The van der Waals surface area contributed by atoms with Crippen LogP contribution in [0.15, 0.2) is 95.1 Å². The maximum absolute atomic E-state index is 13.5. The zero-order valence-corrected chi connectivity index (χ0v) is 21.4. The van der Waals surface area contributed by atoms with Crippen molar-refractivity contribution in [2.75, 3.05) is 11.1 Å². The Balaban J connectivity index is 1.69. The van der Waals surface area contributed by atoms with Crippen LogP contribution < -0.4 is 5.32 Å². The van der Waals surface area contributed by atoms with Gasteiger partial charge in [-0.15, -0.1) is 11.8 Å². The van der Waals surface area contributed by atoms with Gasteiger partial charge in [0.05, 0.1) is 16.9 Å². The van der Waals surface area contributed by atoms with Gasteiger partial charge in [0.1, 0.15) is 5.92 Å². The summed E-state index contributed by atoms with van der Waals surface area (Å²) in [5, 5.41) is 14.1. The summed E-state index contributed by atoms with van der Waals surface area (Å²) in [6.07, 6.45) is 0. The third kappa shape index (κ3) is 5.59. The lowest BCUT2D eigenvalue weighted by Crippen LogP contribution is -2.31. The lowest BCUT2D eigenvalue weighted by molar-refractivity contribution is -0.113. The Morgan fingerprint density at radius 1 is 1.00 bits per heavy atom. The van der Waals surface area contributed by atoms with Gasteiger partial charge in [0, 0.05) is 33.5 Å². The van der Waals surface area contributed by atoms with Crippen molar-refractivity contribution in [3.63, 3.8) is 0 Å². The number of rotatable bonds is 6. The smallest absolute Gasteiger partial charge is 0.254 e. The summed E-state index contributed by atoms with van der Waals surface area (Å²) < 4.78 is 0. The molecule has 1 aliphatic heterocycles. The number of allylic oxidation sites excluding steroid dienone is 1. The van der Waals surface area contributed by atoms with Crippen molar-refractivity contribution in [3.05, 3.63) is 112 Å². The van der Waals surface area contributed by atoms with E-state index in [1.165, 1.54) is 11.8 Å². The molecule has 0 spiro atoms. The molecule has 0 bridgehead atoms. The molecule has 3 aromatic rings. The first-order valence-electron chi connectivity index (χ1n) is 11.4. The van der Waals surface area contributed by atoms with Crippen LogP contribution in [-0.2, 0) is 4.79 Å². The summed E-state index contributed by atoms with van der Waals surface area (Å²) in [5.74, 6) is -1.67. The number of aliphatic imine (C=N–C) groups is 1. The molecule has 0 aromatic heterocycles. The average Bonchev–Trinajstić information content (AvgIpc) is 2.88. The van der Waals surface area contributed by atoms with Crippen molar-refractivity contribution in [2.45, 2.75) is 19.8 Å². The summed E-state index contributed by atoms with van der Waals surface area (Å²) in [4.78, 5) is 30.9. The summed E-state index contributed by atoms with van der Waals surface area (Å²) in [5.41, 5.74) is 3.86. The summed E-state index contributed by atoms with van der Waals surface area (Å²) in [6.45, 7) is 3.71. The van der Waals surface area contributed by atoms with Crippen LogP contribution in [0.4, 0.5) is 5.69 Å². The molecule has 4 rings (SSSR count). The van der Waals surface area contributed by atoms with Crippen LogP contribution in [0, 0.1) is 24.2 Å². The topological polar surface area (TPSA) is 82.3 Å². The molecule has 3 aromatic carbocycles. The Hall–Kier alpha value is -3.66. The maximum atomic E-state index is 13.5. The molecule has 36 heavy (non-hydrogen) atoms. The first-order chi connectivity index (χ1) is 17.4. The van der Waals surface area contributed by atoms with Gasteiger partial charge in [-0.2, -0.15) is 5.26 Å². The number of para-hydroxylation sites is 1. The first kappa shape index (κ1) is 25.4. The van der Waals surface area contributed by atoms with Crippen molar-refractivity contribution in [1.82, 2.24) is 0 Å². The SMILES string of the molecule is CC1=C(C(=O)Nc2ccccc2)[C@H](c2ccccc2Cl)C(C#N)C(SCC(=O)c2ccc(C)cc2)=N1. The number of amides is 1. The van der Waals surface area contributed by atoms with Crippen LogP contribution in [0.25, 0.3) is 0 Å². The molecule has 180 valence electrons.